The molecule has 0 bridgehead atoms. The summed E-state index contributed by atoms with van der Waals surface area (Å²) in [5.41, 5.74) is -0.289. The summed E-state index contributed by atoms with van der Waals surface area (Å²) >= 11 is 0. The van der Waals surface area contributed by atoms with Gasteiger partial charge in [0.1, 0.15) is 0 Å². The van der Waals surface area contributed by atoms with E-state index < -0.39 is 0 Å². The highest BCUT2D eigenvalue weighted by molar-refractivity contribution is 4.84. The first-order chi connectivity index (χ1) is 7.83. The summed E-state index contributed by atoms with van der Waals surface area (Å²) in [5.74, 6) is 0. The van der Waals surface area contributed by atoms with Crippen LogP contribution in [0, 0.1) is 0 Å². The molecule has 1 aliphatic heterocycles. The summed E-state index contributed by atoms with van der Waals surface area (Å²) in [6.45, 7) is 4.44. The quantitative estimate of drug-likeness (QED) is 0.491. The number of hydrogen-bond acceptors (Lipinski definition) is 4. The Morgan fingerprint density at radius 1 is 0.688 bits per heavy atom. The number of rotatable bonds is 9. The molecule has 0 radical (unpaired) electrons. The highest BCUT2D eigenvalue weighted by Crippen LogP contribution is 2.32. The molecule has 4 heteroatoms. The van der Waals surface area contributed by atoms with Crippen LogP contribution in [0.3, 0.4) is 0 Å². The third kappa shape index (κ3) is 4.37. The molecule has 1 rings (SSSR count). The Hall–Kier alpha value is -0.800. The van der Waals surface area contributed by atoms with Crippen LogP contribution in [-0.2, 0) is 0 Å². The lowest BCUT2D eigenvalue weighted by Gasteiger charge is -2.19. The van der Waals surface area contributed by atoms with E-state index in [9.17, 15) is 0 Å². The molecule has 0 spiro atoms. The van der Waals surface area contributed by atoms with E-state index in [4.69, 9.17) is 0 Å². The third-order valence-corrected chi connectivity index (χ3v) is 3.11. The van der Waals surface area contributed by atoms with Crippen LogP contribution in [0.2, 0.25) is 0 Å². The van der Waals surface area contributed by atoms with Gasteiger partial charge < -0.3 is 0 Å². The predicted molar refractivity (Wildman–Crippen MR) is 65.3 cm³/mol. The van der Waals surface area contributed by atoms with Crippen molar-refractivity contribution < 1.29 is 0 Å². The van der Waals surface area contributed by atoms with E-state index in [2.05, 4.69) is 34.5 Å². The highest BCUT2D eigenvalue weighted by Gasteiger charge is 2.31. The first-order valence-corrected chi connectivity index (χ1v) is 6.67. The first kappa shape index (κ1) is 13.3. The van der Waals surface area contributed by atoms with Crippen LogP contribution in [0.4, 0.5) is 0 Å². The second kappa shape index (κ2) is 7.47. The second-order valence-corrected chi connectivity index (χ2v) is 4.63. The van der Waals surface area contributed by atoms with Crippen molar-refractivity contribution >= 4 is 0 Å². The lowest BCUT2D eigenvalue weighted by atomic mass is 9.96. The Morgan fingerprint density at radius 2 is 1.19 bits per heavy atom. The van der Waals surface area contributed by atoms with E-state index in [-0.39, 0.29) is 5.66 Å². The number of hydrogen-bond donors (Lipinski definition) is 0. The van der Waals surface area contributed by atoms with Crippen LogP contribution < -0.4 is 0 Å². The minimum absolute atomic E-state index is 0.289. The third-order valence-electron chi connectivity index (χ3n) is 3.11. The topological polar surface area (TPSA) is 49.4 Å². The Balaban J connectivity index is 2.29. The van der Waals surface area contributed by atoms with E-state index in [0.717, 1.165) is 12.8 Å². The largest absolute Gasteiger partial charge is 0.195 e. The van der Waals surface area contributed by atoms with Crippen molar-refractivity contribution in [3.63, 3.8) is 0 Å². The van der Waals surface area contributed by atoms with Crippen molar-refractivity contribution in [1.82, 2.24) is 0 Å². The van der Waals surface area contributed by atoms with Gasteiger partial charge in [-0.2, -0.15) is 0 Å². The molecule has 0 saturated heterocycles. The number of nitrogens with zero attached hydrogens (tertiary/aromatic N) is 4. The van der Waals surface area contributed by atoms with Gasteiger partial charge in [0, 0.05) is 0 Å². The number of unbranched alkanes of at least 4 members (excludes halogenated alkanes) is 5. The molecule has 16 heavy (non-hydrogen) atoms. The standard InChI is InChI=1S/C12H24N4/c1-3-5-7-9-11-12(10-8-6-4-2)13-15-16-14-12/h3-11H2,1-2H3. The van der Waals surface area contributed by atoms with Crippen molar-refractivity contribution in [1.29, 1.82) is 0 Å². The van der Waals surface area contributed by atoms with Gasteiger partial charge in [0.2, 0.25) is 0 Å². The minimum atomic E-state index is -0.289. The molecule has 0 fully saturated rings. The molecule has 0 aliphatic carbocycles. The molecular weight excluding hydrogens is 200 g/mol. The van der Waals surface area contributed by atoms with Crippen LogP contribution >= 0.6 is 0 Å². The van der Waals surface area contributed by atoms with Crippen LogP contribution in [0.15, 0.2) is 20.7 Å². The fourth-order valence-electron chi connectivity index (χ4n) is 2.04. The van der Waals surface area contributed by atoms with E-state index in [1.54, 1.807) is 0 Å². The molecule has 1 heterocycles. The van der Waals surface area contributed by atoms with Crippen LogP contribution in [-0.4, -0.2) is 5.66 Å². The summed E-state index contributed by atoms with van der Waals surface area (Å²) in [6.07, 6.45) is 10.7. The molecule has 0 amide bonds. The summed E-state index contributed by atoms with van der Waals surface area (Å²) in [7, 11) is 0. The fraction of sp³-hybridized carbons (Fsp3) is 1.00. The van der Waals surface area contributed by atoms with Crippen molar-refractivity contribution in [2.75, 3.05) is 0 Å². The minimum Gasteiger partial charge on any atom is -0.135 e. The lowest BCUT2D eigenvalue weighted by Crippen LogP contribution is -2.21. The van der Waals surface area contributed by atoms with Crippen LogP contribution in [0.25, 0.3) is 0 Å². The molecule has 0 atom stereocenters. The molecule has 0 aromatic carbocycles. The Kier molecular flexibility index (Phi) is 6.19. The van der Waals surface area contributed by atoms with Crippen molar-refractivity contribution in [3.05, 3.63) is 0 Å². The normalized spacial score (nSPS) is 17.1. The van der Waals surface area contributed by atoms with E-state index in [1.165, 1.54) is 44.9 Å². The Bertz CT molecular complexity index is 223. The van der Waals surface area contributed by atoms with E-state index >= 15 is 0 Å². The molecule has 1 aliphatic rings. The molecule has 0 aromatic heterocycles. The molecule has 0 N–H and O–H groups in total. The van der Waals surface area contributed by atoms with Gasteiger partial charge in [-0.15, -0.1) is 10.2 Å². The molecular formula is C12H24N4. The summed E-state index contributed by atoms with van der Waals surface area (Å²) in [4.78, 5) is 0. The smallest absolute Gasteiger partial charge is 0.135 e. The molecule has 4 nitrogen and oxygen atoms in total. The lowest BCUT2D eigenvalue weighted by molar-refractivity contribution is 0.349. The zero-order chi connectivity index (χ0) is 11.7. The summed E-state index contributed by atoms with van der Waals surface area (Å²) in [5, 5.41) is 15.9. The summed E-state index contributed by atoms with van der Waals surface area (Å²) < 4.78 is 0. The zero-order valence-corrected chi connectivity index (χ0v) is 10.7. The maximum Gasteiger partial charge on any atom is 0.195 e. The van der Waals surface area contributed by atoms with Gasteiger partial charge >= 0.3 is 0 Å². The molecule has 0 aromatic rings. The van der Waals surface area contributed by atoms with Gasteiger partial charge in [-0.3, -0.25) is 0 Å². The van der Waals surface area contributed by atoms with E-state index in [0.29, 0.717) is 0 Å². The van der Waals surface area contributed by atoms with Gasteiger partial charge in [-0.05, 0) is 36.1 Å². The van der Waals surface area contributed by atoms with Crippen LogP contribution in [0.1, 0.15) is 71.6 Å². The maximum absolute atomic E-state index is 4.23. The maximum atomic E-state index is 4.23. The highest BCUT2D eigenvalue weighted by atomic mass is 15.6. The van der Waals surface area contributed by atoms with Crippen LogP contribution in [0.5, 0.6) is 0 Å². The first-order valence-electron chi connectivity index (χ1n) is 6.67. The molecule has 0 unspecified atom stereocenters. The second-order valence-electron chi connectivity index (χ2n) is 4.63. The monoisotopic (exact) mass is 224 g/mol. The predicted octanol–water partition coefficient (Wildman–Crippen LogP) is 5.07. The van der Waals surface area contributed by atoms with Gasteiger partial charge in [0.05, 0.1) is 0 Å². The van der Waals surface area contributed by atoms with Gasteiger partial charge in [0.25, 0.3) is 0 Å². The molecule has 92 valence electrons. The Morgan fingerprint density at radius 3 is 1.75 bits per heavy atom. The SMILES string of the molecule is CCCCCCC1(CCCCC)N=NN=N1. The Labute approximate surface area is 98.6 Å². The molecule has 0 saturated carbocycles. The van der Waals surface area contributed by atoms with E-state index in [1.807, 2.05) is 0 Å². The van der Waals surface area contributed by atoms with Crippen molar-refractivity contribution in [2.45, 2.75) is 77.3 Å². The van der Waals surface area contributed by atoms with Gasteiger partial charge in [-0.25, -0.2) is 0 Å². The average Bonchev–Trinajstić information content (AvgIpc) is 2.74. The zero-order valence-electron chi connectivity index (χ0n) is 10.7. The average molecular weight is 224 g/mol. The van der Waals surface area contributed by atoms with Crippen molar-refractivity contribution in [2.24, 2.45) is 20.7 Å². The van der Waals surface area contributed by atoms with Gasteiger partial charge in [0.15, 0.2) is 5.66 Å². The van der Waals surface area contributed by atoms with Gasteiger partial charge in [-0.1, -0.05) is 46.0 Å². The fourth-order valence-corrected chi connectivity index (χ4v) is 2.04. The summed E-state index contributed by atoms with van der Waals surface area (Å²) in [6, 6.07) is 0. The van der Waals surface area contributed by atoms with Crippen molar-refractivity contribution in [3.8, 4) is 0 Å².